The molecule has 0 aliphatic rings. The lowest BCUT2D eigenvalue weighted by Crippen LogP contribution is -2.43. The van der Waals surface area contributed by atoms with E-state index in [1.54, 1.807) is 0 Å². The van der Waals surface area contributed by atoms with Crippen molar-refractivity contribution in [2.45, 2.75) is 39.2 Å². The maximum atomic E-state index is 11.9. The van der Waals surface area contributed by atoms with Crippen molar-refractivity contribution in [1.82, 2.24) is 5.32 Å². The van der Waals surface area contributed by atoms with Gasteiger partial charge in [0.15, 0.2) is 9.84 Å². The molecule has 0 unspecified atom stereocenters. The number of hydrogen-bond acceptors (Lipinski definition) is 3. The summed E-state index contributed by atoms with van der Waals surface area (Å²) in [6.07, 6.45) is 1.25. The van der Waals surface area contributed by atoms with Crippen molar-refractivity contribution in [2.75, 3.05) is 11.5 Å². The maximum Gasteiger partial charge on any atom is 0.235 e. The van der Waals surface area contributed by atoms with Gasteiger partial charge in [-0.05, 0) is 39.2 Å². The Bertz CT molecular complexity index is 530. The van der Waals surface area contributed by atoms with Crippen LogP contribution in [0.2, 0.25) is 0 Å². The molecular weight excluding hydrogens is 274 g/mol. The van der Waals surface area contributed by atoms with Crippen LogP contribution in [0.25, 0.3) is 0 Å². The van der Waals surface area contributed by atoms with E-state index in [9.17, 15) is 13.2 Å². The molecule has 4 nitrogen and oxygen atoms in total. The van der Waals surface area contributed by atoms with Crippen molar-refractivity contribution in [3.63, 3.8) is 0 Å². The highest BCUT2D eigenvalue weighted by Gasteiger charge is 2.20. The highest BCUT2D eigenvalue weighted by Crippen LogP contribution is 2.05. The van der Waals surface area contributed by atoms with Gasteiger partial charge in [0.05, 0.1) is 5.75 Å². The maximum absolute atomic E-state index is 11.9. The van der Waals surface area contributed by atoms with Gasteiger partial charge in [-0.1, -0.05) is 30.3 Å². The van der Waals surface area contributed by atoms with Crippen LogP contribution in [0.5, 0.6) is 0 Å². The third-order valence-electron chi connectivity index (χ3n) is 2.63. The fourth-order valence-corrected chi connectivity index (χ4v) is 3.07. The normalized spacial score (nSPS) is 12.2. The summed E-state index contributed by atoms with van der Waals surface area (Å²) in [5.74, 6) is -0.823. The SMILES string of the molecule is CC(C)(C)NC(=O)CS(=O)(=O)CCCc1ccccc1. The molecule has 20 heavy (non-hydrogen) atoms. The number of carbonyl (C=O) groups excluding carboxylic acids is 1. The van der Waals surface area contributed by atoms with Gasteiger partial charge in [-0.15, -0.1) is 0 Å². The van der Waals surface area contributed by atoms with Crippen molar-refractivity contribution < 1.29 is 13.2 Å². The zero-order valence-electron chi connectivity index (χ0n) is 12.3. The lowest BCUT2D eigenvalue weighted by molar-refractivity contribution is -0.120. The molecule has 0 aromatic heterocycles. The molecule has 1 N–H and O–H groups in total. The first kappa shape index (κ1) is 16.7. The summed E-state index contributed by atoms with van der Waals surface area (Å²) in [6.45, 7) is 5.48. The number of benzene rings is 1. The molecule has 1 amide bonds. The minimum atomic E-state index is -3.34. The van der Waals surface area contributed by atoms with Crippen LogP contribution in [-0.2, 0) is 21.1 Å². The first-order valence-corrected chi connectivity index (χ1v) is 8.55. The molecule has 112 valence electrons. The van der Waals surface area contributed by atoms with Gasteiger partial charge in [-0.3, -0.25) is 4.79 Å². The summed E-state index contributed by atoms with van der Waals surface area (Å²) in [4.78, 5) is 11.6. The van der Waals surface area contributed by atoms with E-state index in [4.69, 9.17) is 0 Å². The van der Waals surface area contributed by atoms with Gasteiger partial charge in [0.2, 0.25) is 5.91 Å². The van der Waals surface area contributed by atoms with E-state index in [-0.39, 0.29) is 5.75 Å². The van der Waals surface area contributed by atoms with Gasteiger partial charge < -0.3 is 5.32 Å². The third kappa shape index (κ3) is 7.28. The Kier molecular flexibility index (Phi) is 5.74. The largest absolute Gasteiger partial charge is 0.351 e. The Hall–Kier alpha value is -1.36. The van der Waals surface area contributed by atoms with E-state index in [1.165, 1.54) is 0 Å². The Labute approximate surface area is 121 Å². The molecule has 0 heterocycles. The fraction of sp³-hybridized carbons (Fsp3) is 0.533. The van der Waals surface area contributed by atoms with Gasteiger partial charge in [-0.2, -0.15) is 0 Å². The number of amides is 1. The summed E-state index contributed by atoms with van der Waals surface area (Å²) in [6, 6.07) is 9.73. The molecule has 0 spiro atoms. The second-order valence-electron chi connectivity index (χ2n) is 5.98. The predicted octanol–water partition coefficient (Wildman–Crippen LogP) is 1.95. The molecular formula is C15H23NO3S. The minimum Gasteiger partial charge on any atom is -0.351 e. The highest BCUT2D eigenvalue weighted by molar-refractivity contribution is 7.92. The van der Waals surface area contributed by atoms with Crippen LogP contribution in [0.4, 0.5) is 0 Å². The zero-order chi connectivity index (χ0) is 15.2. The highest BCUT2D eigenvalue weighted by atomic mass is 32.2. The van der Waals surface area contributed by atoms with Crippen LogP contribution < -0.4 is 5.32 Å². The average Bonchev–Trinajstić information content (AvgIpc) is 2.26. The first-order valence-electron chi connectivity index (χ1n) is 6.73. The van der Waals surface area contributed by atoms with Gasteiger partial charge in [0.1, 0.15) is 5.75 Å². The molecule has 0 saturated carbocycles. The molecule has 1 aromatic carbocycles. The molecule has 1 rings (SSSR count). The van der Waals surface area contributed by atoms with Gasteiger partial charge in [0.25, 0.3) is 0 Å². The quantitative estimate of drug-likeness (QED) is 0.873. The van der Waals surface area contributed by atoms with Crippen LogP contribution in [0.1, 0.15) is 32.8 Å². The molecule has 5 heteroatoms. The Morgan fingerprint density at radius 3 is 2.30 bits per heavy atom. The molecule has 0 bridgehead atoms. The lowest BCUT2D eigenvalue weighted by atomic mass is 10.1. The van der Waals surface area contributed by atoms with Crippen LogP contribution in [0.3, 0.4) is 0 Å². The molecule has 0 aliphatic carbocycles. The Balaban J connectivity index is 2.40. The summed E-state index contributed by atoms with van der Waals surface area (Å²) < 4.78 is 23.7. The number of aryl methyl sites for hydroxylation is 1. The van der Waals surface area contributed by atoms with Crippen LogP contribution in [0.15, 0.2) is 30.3 Å². The summed E-state index contributed by atoms with van der Waals surface area (Å²) in [5.41, 5.74) is 0.707. The number of hydrogen-bond donors (Lipinski definition) is 1. The summed E-state index contributed by atoms with van der Waals surface area (Å²) in [5, 5.41) is 2.67. The summed E-state index contributed by atoms with van der Waals surface area (Å²) >= 11 is 0. The van der Waals surface area contributed by atoms with Crippen molar-refractivity contribution in [1.29, 1.82) is 0 Å². The molecule has 1 aromatic rings. The molecule has 0 saturated heterocycles. The number of carbonyl (C=O) groups is 1. The van der Waals surface area contributed by atoms with Gasteiger partial charge in [-0.25, -0.2) is 8.42 Å². The van der Waals surface area contributed by atoms with E-state index >= 15 is 0 Å². The molecule has 0 fully saturated rings. The number of sulfone groups is 1. The third-order valence-corrected chi connectivity index (χ3v) is 4.24. The minimum absolute atomic E-state index is 0.0411. The first-order chi connectivity index (χ1) is 9.18. The van der Waals surface area contributed by atoms with E-state index in [1.807, 2.05) is 51.1 Å². The Morgan fingerprint density at radius 2 is 1.75 bits per heavy atom. The van der Waals surface area contributed by atoms with Crippen LogP contribution in [0, 0.1) is 0 Å². The molecule has 0 aliphatic heterocycles. The molecule has 0 radical (unpaired) electrons. The topological polar surface area (TPSA) is 63.2 Å². The van der Waals surface area contributed by atoms with Crippen molar-refractivity contribution >= 4 is 15.7 Å². The van der Waals surface area contributed by atoms with Crippen molar-refractivity contribution in [2.24, 2.45) is 0 Å². The average molecular weight is 297 g/mol. The number of nitrogens with one attached hydrogen (secondary N) is 1. The zero-order valence-corrected chi connectivity index (χ0v) is 13.2. The second kappa shape index (κ2) is 6.88. The monoisotopic (exact) mass is 297 g/mol. The van der Waals surface area contributed by atoms with Crippen molar-refractivity contribution in [3.05, 3.63) is 35.9 Å². The summed E-state index contributed by atoms with van der Waals surface area (Å²) in [7, 11) is -3.34. The fourth-order valence-electron chi connectivity index (χ4n) is 1.87. The van der Waals surface area contributed by atoms with Crippen molar-refractivity contribution in [3.8, 4) is 0 Å². The van der Waals surface area contributed by atoms with E-state index in [0.717, 1.165) is 5.56 Å². The Morgan fingerprint density at radius 1 is 1.15 bits per heavy atom. The van der Waals surface area contributed by atoms with Gasteiger partial charge >= 0.3 is 0 Å². The number of rotatable bonds is 6. The smallest absolute Gasteiger partial charge is 0.235 e. The standard InChI is InChI=1S/C15H23NO3S/c1-15(2,3)16-14(17)12-20(18,19)11-7-10-13-8-5-4-6-9-13/h4-6,8-9H,7,10-12H2,1-3H3,(H,16,17). The van der Waals surface area contributed by atoms with Crippen LogP contribution in [-0.4, -0.2) is 31.4 Å². The lowest BCUT2D eigenvalue weighted by Gasteiger charge is -2.20. The van der Waals surface area contributed by atoms with Crippen LogP contribution >= 0.6 is 0 Å². The predicted molar refractivity (Wildman–Crippen MR) is 81.3 cm³/mol. The van der Waals surface area contributed by atoms with E-state index in [2.05, 4.69) is 5.32 Å². The van der Waals surface area contributed by atoms with Gasteiger partial charge in [0, 0.05) is 5.54 Å². The second-order valence-corrected chi connectivity index (χ2v) is 8.16. The molecule has 0 atom stereocenters. The van der Waals surface area contributed by atoms with E-state index < -0.39 is 27.0 Å². The van der Waals surface area contributed by atoms with E-state index in [0.29, 0.717) is 12.8 Å².